The fraction of sp³-hybridized carbons (Fsp3) is 0.0909. The molecule has 0 saturated heterocycles. The third kappa shape index (κ3) is 3.85. The molecule has 118 valence electrons. The molecule has 0 aliphatic heterocycles. The van der Waals surface area contributed by atoms with Crippen LogP contribution in [0.15, 0.2) is 72.8 Å². The predicted octanol–water partition coefficient (Wildman–Crippen LogP) is 4.87. The van der Waals surface area contributed by atoms with Gasteiger partial charge >= 0.3 is 0 Å². The van der Waals surface area contributed by atoms with Crippen LogP contribution in [0.1, 0.15) is 28.4 Å². The van der Waals surface area contributed by atoms with E-state index < -0.39 is 0 Å². The van der Waals surface area contributed by atoms with Gasteiger partial charge < -0.3 is 0 Å². The molecule has 0 aliphatic carbocycles. The summed E-state index contributed by atoms with van der Waals surface area (Å²) in [6, 6.07) is 21.5. The Labute approximate surface area is 141 Å². The average molecular weight is 314 g/mol. The second kappa shape index (κ2) is 7.05. The Balaban J connectivity index is 1.68. The van der Waals surface area contributed by atoms with E-state index in [9.17, 15) is 9.59 Å². The number of hydrogen-bond acceptors (Lipinski definition) is 2. The van der Waals surface area contributed by atoms with Crippen LogP contribution in [-0.4, -0.2) is 11.6 Å². The topological polar surface area (TPSA) is 34.1 Å². The van der Waals surface area contributed by atoms with Crippen LogP contribution in [0.5, 0.6) is 0 Å². The summed E-state index contributed by atoms with van der Waals surface area (Å²) in [6.07, 6.45) is 3.76. The first-order chi connectivity index (χ1) is 11.6. The summed E-state index contributed by atoms with van der Waals surface area (Å²) in [4.78, 5) is 23.4. The molecule has 0 aliphatic rings. The van der Waals surface area contributed by atoms with E-state index >= 15 is 0 Å². The summed E-state index contributed by atoms with van der Waals surface area (Å²) in [6.45, 7) is 1.54. The van der Waals surface area contributed by atoms with Crippen molar-refractivity contribution in [2.24, 2.45) is 0 Å². The average Bonchev–Trinajstić information content (AvgIpc) is 2.60. The maximum absolute atomic E-state index is 12.2. The highest BCUT2D eigenvalue weighted by Crippen LogP contribution is 2.16. The van der Waals surface area contributed by atoms with Gasteiger partial charge in [-0.25, -0.2) is 0 Å². The number of fused-ring (bicyclic) bond motifs is 1. The van der Waals surface area contributed by atoms with Gasteiger partial charge in [-0.05, 0) is 34.9 Å². The van der Waals surface area contributed by atoms with Crippen LogP contribution in [0.3, 0.4) is 0 Å². The van der Waals surface area contributed by atoms with E-state index in [4.69, 9.17) is 0 Å². The molecule has 3 rings (SSSR count). The van der Waals surface area contributed by atoms with Gasteiger partial charge in [0, 0.05) is 12.0 Å². The van der Waals surface area contributed by atoms with Crippen LogP contribution in [-0.2, 0) is 11.2 Å². The minimum Gasteiger partial charge on any atom is -0.295 e. The van der Waals surface area contributed by atoms with Gasteiger partial charge in [-0.2, -0.15) is 0 Å². The van der Waals surface area contributed by atoms with E-state index in [2.05, 4.69) is 18.2 Å². The summed E-state index contributed by atoms with van der Waals surface area (Å²) < 4.78 is 0. The van der Waals surface area contributed by atoms with E-state index in [1.54, 1.807) is 24.3 Å². The van der Waals surface area contributed by atoms with Crippen LogP contribution >= 0.6 is 0 Å². The van der Waals surface area contributed by atoms with Gasteiger partial charge in [0.05, 0.1) is 0 Å². The van der Waals surface area contributed by atoms with Gasteiger partial charge in [0.25, 0.3) is 0 Å². The van der Waals surface area contributed by atoms with Gasteiger partial charge in [0.15, 0.2) is 11.6 Å². The normalized spacial score (nSPS) is 11.0. The molecule has 3 aromatic rings. The predicted molar refractivity (Wildman–Crippen MR) is 98.1 cm³/mol. The second-order valence-corrected chi connectivity index (χ2v) is 5.84. The highest BCUT2D eigenvalue weighted by molar-refractivity contribution is 5.96. The zero-order chi connectivity index (χ0) is 16.9. The summed E-state index contributed by atoms with van der Waals surface area (Å²) >= 11 is 0. The fourth-order valence-electron chi connectivity index (χ4n) is 2.63. The lowest BCUT2D eigenvalue weighted by molar-refractivity contribution is -0.113. The third-order valence-electron chi connectivity index (χ3n) is 3.97. The van der Waals surface area contributed by atoms with Crippen molar-refractivity contribution in [1.82, 2.24) is 0 Å². The molecule has 0 N–H and O–H groups in total. The molecule has 0 spiro atoms. The molecule has 0 amide bonds. The van der Waals surface area contributed by atoms with E-state index in [1.807, 2.05) is 36.4 Å². The molecule has 3 aromatic carbocycles. The van der Waals surface area contributed by atoms with E-state index in [1.165, 1.54) is 12.3 Å². The number of carbonyl (C=O) groups is 2. The summed E-state index contributed by atoms with van der Waals surface area (Å²) in [5, 5.41) is 2.32. The van der Waals surface area contributed by atoms with E-state index in [0.29, 0.717) is 12.0 Å². The maximum atomic E-state index is 12.2. The van der Waals surface area contributed by atoms with Crippen molar-refractivity contribution in [2.45, 2.75) is 13.3 Å². The number of hydrogen-bond donors (Lipinski definition) is 0. The fourth-order valence-corrected chi connectivity index (χ4v) is 2.63. The van der Waals surface area contributed by atoms with Crippen molar-refractivity contribution in [3.05, 3.63) is 89.5 Å². The first kappa shape index (κ1) is 15.9. The molecule has 0 atom stereocenters. The summed E-state index contributed by atoms with van der Waals surface area (Å²) in [7, 11) is 0. The van der Waals surface area contributed by atoms with Gasteiger partial charge in [-0.1, -0.05) is 72.8 Å². The molecule has 0 aromatic heterocycles. The molecule has 2 nitrogen and oxygen atoms in total. The lowest BCUT2D eigenvalue weighted by Crippen LogP contribution is -1.98. The SMILES string of the molecule is CC(=O)c1ccc(/C=C/C(=O)Cc2ccc3ccccc3c2)cc1. The number of ketones is 2. The lowest BCUT2D eigenvalue weighted by Gasteiger charge is -2.02. The maximum Gasteiger partial charge on any atom is 0.160 e. The van der Waals surface area contributed by atoms with Gasteiger partial charge in [0.1, 0.15) is 0 Å². The highest BCUT2D eigenvalue weighted by atomic mass is 16.1. The first-order valence-electron chi connectivity index (χ1n) is 7.91. The number of Topliss-reactive ketones (excluding diaryl/α,β-unsaturated/α-hetero) is 1. The third-order valence-corrected chi connectivity index (χ3v) is 3.97. The molecule has 2 heteroatoms. The molecule has 0 fully saturated rings. The number of carbonyl (C=O) groups excluding carboxylic acids is 2. The molecular weight excluding hydrogens is 296 g/mol. The van der Waals surface area contributed by atoms with Crippen LogP contribution in [0.25, 0.3) is 16.8 Å². The minimum absolute atomic E-state index is 0.0397. The highest BCUT2D eigenvalue weighted by Gasteiger charge is 2.02. The largest absolute Gasteiger partial charge is 0.295 e. The summed E-state index contributed by atoms with van der Waals surface area (Å²) in [5.41, 5.74) is 2.59. The molecule has 0 heterocycles. The van der Waals surface area contributed by atoms with Gasteiger partial charge in [-0.3, -0.25) is 9.59 Å². The number of rotatable bonds is 5. The van der Waals surface area contributed by atoms with Crippen molar-refractivity contribution in [3.63, 3.8) is 0 Å². The first-order valence-corrected chi connectivity index (χ1v) is 7.91. The van der Waals surface area contributed by atoms with Gasteiger partial charge in [-0.15, -0.1) is 0 Å². The standard InChI is InChI=1S/C22H18O2/c1-16(23)19-10-6-17(7-11-19)9-13-22(24)15-18-8-12-20-4-2-3-5-21(20)14-18/h2-14H,15H2,1H3/b13-9+. The van der Waals surface area contributed by atoms with E-state index in [-0.39, 0.29) is 11.6 Å². The second-order valence-electron chi connectivity index (χ2n) is 5.84. The Kier molecular flexibility index (Phi) is 4.66. The zero-order valence-corrected chi connectivity index (χ0v) is 13.5. The Morgan fingerprint density at radius 2 is 1.58 bits per heavy atom. The van der Waals surface area contributed by atoms with E-state index in [0.717, 1.165) is 16.5 Å². The van der Waals surface area contributed by atoms with Crippen molar-refractivity contribution in [3.8, 4) is 0 Å². The molecule has 0 radical (unpaired) electrons. The molecule has 0 unspecified atom stereocenters. The zero-order valence-electron chi connectivity index (χ0n) is 13.5. The van der Waals surface area contributed by atoms with Crippen molar-refractivity contribution in [1.29, 1.82) is 0 Å². The molecule has 24 heavy (non-hydrogen) atoms. The Bertz CT molecular complexity index is 918. The van der Waals surface area contributed by atoms with Crippen LogP contribution in [0.4, 0.5) is 0 Å². The van der Waals surface area contributed by atoms with Crippen molar-refractivity contribution in [2.75, 3.05) is 0 Å². The summed E-state index contributed by atoms with van der Waals surface area (Å²) in [5.74, 6) is 0.0961. The van der Waals surface area contributed by atoms with Crippen molar-refractivity contribution >= 4 is 28.4 Å². The van der Waals surface area contributed by atoms with Crippen molar-refractivity contribution < 1.29 is 9.59 Å². The monoisotopic (exact) mass is 314 g/mol. The van der Waals surface area contributed by atoms with Gasteiger partial charge in [0.2, 0.25) is 0 Å². The molecule has 0 saturated carbocycles. The lowest BCUT2D eigenvalue weighted by atomic mass is 10.0. The minimum atomic E-state index is 0.0397. The van der Waals surface area contributed by atoms with Crippen LogP contribution < -0.4 is 0 Å². The number of benzene rings is 3. The molecule has 0 bridgehead atoms. The van der Waals surface area contributed by atoms with Crippen LogP contribution in [0.2, 0.25) is 0 Å². The van der Waals surface area contributed by atoms with Crippen LogP contribution in [0, 0.1) is 0 Å². The quantitative estimate of drug-likeness (QED) is 0.497. The molecular formula is C22H18O2. The Morgan fingerprint density at radius 3 is 2.29 bits per heavy atom. The Hall–Kier alpha value is -3.00. The smallest absolute Gasteiger partial charge is 0.160 e. The Morgan fingerprint density at radius 1 is 0.875 bits per heavy atom. The number of allylic oxidation sites excluding steroid dienone is 1.